The lowest BCUT2D eigenvalue weighted by Gasteiger charge is -2.26. The third-order valence-electron chi connectivity index (χ3n) is 2.35. The standard InChI is InChI=1S/C14H26O3/c1-7-16-13(10-11(2)3)8-9-14(5,6)17-12(4)15/h10,13H,7-9H2,1-6H3. The van der Waals surface area contributed by atoms with Crippen LogP contribution in [-0.2, 0) is 14.3 Å². The lowest BCUT2D eigenvalue weighted by atomic mass is 9.99. The minimum atomic E-state index is -0.420. The zero-order valence-electron chi connectivity index (χ0n) is 12.0. The molecule has 1 atom stereocenters. The fraction of sp³-hybridized carbons (Fsp3) is 0.786. The number of esters is 1. The van der Waals surface area contributed by atoms with Crippen LogP contribution in [0.1, 0.15) is 54.4 Å². The second-order valence-corrected chi connectivity index (χ2v) is 5.13. The molecule has 0 fully saturated rings. The average molecular weight is 242 g/mol. The number of allylic oxidation sites excluding steroid dienone is 1. The zero-order chi connectivity index (χ0) is 13.5. The van der Waals surface area contributed by atoms with Crippen LogP contribution in [0.25, 0.3) is 0 Å². The van der Waals surface area contributed by atoms with Crippen molar-refractivity contribution < 1.29 is 14.3 Å². The van der Waals surface area contributed by atoms with Gasteiger partial charge in [-0.1, -0.05) is 11.6 Å². The molecule has 17 heavy (non-hydrogen) atoms. The first-order valence-electron chi connectivity index (χ1n) is 6.23. The quantitative estimate of drug-likeness (QED) is 0.506. The van der Waals surface area contributed by atoms with Crippen molar-refractivity contribution in [3.63, 3.8) is 0 Å². The van der Waals surface area contributed by atoms with E-state index in [2.05, 4.69) is 19.9 Å². The van der Waals surface area contributed by atoms with Gasteiger partial charge in [0.1, 0.15) is 5.60 Å². The van der Waals surface area contributed by atoms with E-state index in [0.29, 0.717) is 6.61 Å². The number of ether oxygens (including phenoxy) is 2. The Labute approximate surface area is 105 Å². The van der Waals surface area contributed by atoms with E-state index in [4.69, 9.17) is 9.47 Å². The largest absolute Gasteiger partial charge is 0.460 e. The van der Waals surface area contributed by atoms with Crippen LogP contribution >= 0.6 is 0 Å². The summed E-state index contributed by atoms with van der Waals surface area (Å²) in [5.41, 5.74) is 0.824. The highest BCUT2D eigenvalue weighted by atomic mass is 16.6. The maximum atomic E-state index is 10.9. The molecule has 0 aliphatic rings. The van der Waals surface area contributed by atoms with Gasteiger partial charge in [0, 0.05) is 13.5 Å². The molecule has 3 heteroatoms. The number of hydrogen-bond donors (Lipinski definition) is 0. The van der Waals surface area contributed by atoms with Crippen LogP contribution < -0.4 is 0 Å². The molecule has 0 saturated heterocycles. The minimum absolute atomic E-state index is 0.111. The molecule has 0 aromatic rings. The van der Waals surface area contributed by atoms with Gasteiger partial charge in [0.15, 0.2) is 0 Å². The number of hydrogen-bond acceptors (Lipinski definition) is 3. The van der Waals surface area contributed by atoms with Crippen molar-refractivity contribution in [2.24, 2.45) is 0 Å². The molecule has 0 saturated carbocycles. The van der Waals surface area contributed by atoms with E-state index in [9.17, 15) is 4.79 Å². The Kier molecular flexibility index (Phi) is 7.12. The van der Waals surface area contributed by atoms with Gasteiger partial charge < -0.3 is 9.47 Å². The summed E-state index contributed by atoms with van der Waals surface area (Å²) in [7, 11) is 0. The van der Waals surface area contributed by atoms with Gasteiger partial charge in [0.25, 0.3) is 0 Å². The molecule has 0 bridgehead atoms. The lowest BCUT2D eigenvalue weighted by Crippen LogP contribution is -2.28. The molecular formula is C14H26O3. The molecule has 0 N–H and O–H groups in total. The molecule has 0 aromatic heterocycles. The summed E-state index contributed by atoms with van der Waals surface area (Å²) in [5.74, 6) is -0.231. The molecule has 0 rings (SSSR count). The maximum Gasteiger partial charge on any atom is 0.303 e. The van der Waals surface area contributed by atoms with E-state index in [1.165, 1.54) is 12.5 Å². The summed E-state index contributed by atoms with van der Waals surface area (Å²) < 4.78 is 10.9. The van der Waals surface area contributed by atoms with Gasteiger partial charge in [-0.3, -0.25) is 4.79 Å². The topological polar surface area (TPSA) is 35.5 Å². The molecule has 0 radical (unpaired) electrons. The molecule has 0 aromatic carbocycles. The average Bonchev–Trinajstić information content (AvgIpc) is 2.12. The number of rotatable bonds is 7. The summed E-state index contributed by atoms with van der Waals surface area (Å²) in [4.78, 5) is 10.9. The number of carbonyl (C=O) groups is 1. The van der Waals surface area contributed by atoms with E-state index in [-0.39, 0.29) is 12.1 Å². The van der Waals surface area contributed by atoms with Crippen molar-refractivity contribution >= 4 is 5.97 Å². The maximum absolute atomic E-state index is 10.9. The Bertz CT molecular complexity index is 263. The summed E-state index contributed by atoms with van der Waals surface area (Å²) in [6.45, 7) is 12.1. The van der Waals surface area contributed by atoms with Crippen LogP contribution in [0.15, 0.2) is 11.6 Å². The Balaban J connectivity index is 4.28. The number of carbonyl (C=O) groups excluding carboxylic acids is 1. The van der Waals surface area contributed by atoms with Crippen molar-refractivity contribution in [2.75, 3.05) is 6.61 Å². The fourth-order valence-electron chi connectivity index (χ4n) is 1.73. The molecule has 0 spiro atoms. The Morgan fingerprint density at radius 1 is 1.29 bits per heavy atom. The van der Waals surface area contributed by atoms with Crippen LogP contribution in [-0.4, -0.2) is 24.3 Å². The molecule has 0 aliphatic carbocycles. The molecule has 1 unspecified atom stereocenters. The lowest BCUT2D eigenvalue weighted by molar-refractivity contribution is -0.154. The van der Waals surface area contributed by atoms with Gasteiger partial charge in [-0.25, -0.2) is 0 Å². The van der Waals surface area contributed by atoms with Crippen LogP contribution in [0.5, 0.6) is 0 Å². The summed E-state index contributed by atoms with van der Waals surface area (Å²) >= 11 is 0. The van der Waals surface area contributed by atoms with E-state index in [0.717, 1.165) is 12.8 Å². The zero-order valence-corrected chi connectivity index (χ0v) is 12.0. The van der Waals surface area contributed by atoms with Crippen LogP contribution in [0, 0.1) is 0 Å². The molecular weight excluding hydrogens is 216 g/mol. The molecule has 3 nitrogen and oxygen atoms in total. The summed E-state index contributed by atoms with van der Waals surface area (Å²) in [6.07, 6.45) is 3.88. The van der Waals surface area contributed by atoms with Crippen molar-refractivity contribution in [3.05, 3.63) is 11.6 Å². The predicted octanol–water partition coefficient (Wildman–Crippen LogP) is 3.48. The van der Waals surface area contributed by atoms with Crippen molar-refractivity contribution in [1.82, 2.24) is 0 Å². The first-order valence-corrected chi connectivity index (χ1v) is 6.23. The van der Waals surface area contributed by atoms with E-state index in [1.54, 1.807) is 0 Å². The van der Waals surface area contributed by atoms with Crippen LogP contribution in [0.4, 0.5) is 0 Å². The first kappa shape index (κ1) is 16.2. The molecule has 0 aliphatic heterocycles. The van der Waals surface area contributed by atoms with Crippen molar-refractivity contribution in [1.29, 1.82) is 0 Å². The highest BCUT2D eigenvalue weighted by Gasteiger charge is 2.22. The van der Waals surface area contributed by atoms with Crippen molar-refractivity contribution in [3.8, 4) is 0 Å². The van der Waals surface area contributed by atoms with Crippen molar-refractivity contribution in [2.45, 2.75) is 66.1 Å². The Hall–Kier alpha value is -0.830. The van der Waals surface area contributed by atoms with Gasteiger partial charge >= 0.3 is 5.97 Å². The van der Waals surface area contributed by atoms with E-state index < -0.39 is 5.60 Å². The molecule has 0 amide bonds. The highest BCUT2D eigenvalue weighted by molar-refractivity contribution is 5.66. The molecule has 100 valence electrons. The van der Waals surface area contributed by atoms with E-state index in [1.807, 2.05) is 20.8 Å². The van der Waals surface area contributed by atoms with Crippen LogP contribution in [0.3, 0.4) is 0 Å². The third-order valence-corrected chi connectivity index (χ3v) is 2.35. The second kappa shape index (κ2) is 7.49. The van der Waals surface area contributed by atoms with Gasteiger partial charge in [-0.05, 0) is 47.5 Å². The predicted molar refractivity (Wildman–Crippen MR) is 69.9 cm³/mol. The highest BCUT2D eigenvalue weighted by Crippen LogP contribution is 2.20. The van der Waals surface area contributed by atoms with Gasteiger partial charge in [0.2, 0.25) is 0 Å². The van der Waals surface area contributed by atoms with Crippen LogP contribution in [0.2, 0.25) is 0 Å². The smallest absolute Gasteiger partial charge is 0.303 e. The minimum Gasteiger partial charge on any atom is -0.460 e. The SMILES string of the molecule is CCOC(C=C(C)C)CCC(C)(C)OC(C)=O. The first-order chi connectivity index (χ1) is 7.76. The van der Waals surface area contributed by atoms with Gasteiger partial charge in [-0.2, -0.15) is 0 Å². The normalized spacial score (nSPS) is 13.1. The van der Waals surface area contributed by atoms with E-state index >= 15 is 0 Å². The van der Waals surface area contributed by atoms with Gasteiger partial charge in [-0.15, -0.1) is 0 Å². The molecule has 0 heterocycles. The third kappa shape index (κ3) is 8.93. The van der Waals surface area contributed by atoms with Gasteiger partial charge in [0.05, 0.1) is 6.10 Å². The Morgan fingerprint density at radius 3 is 2.29 bits per heavy atom. The summed E-state index contributed by atoms with van der Waals surface area (Å²) in [5, 5.41) is 0. The fourth-order valence-corrected chi connectivity index (χ4v) is 1.73. The monoisotopic (exact) mass is 242 g/mol. The summed E-state index contributed by atoms with van der Waals surface area (Å²) in [6, 6.07) is 0. The Morgan fingerprint density at radius 2 is 1.88 bits per heavy atom. The second-order valence-electron chi connectivity index (χ2n) is 5.13.